The smallest absolute Gasteiger partial charge is 0.109 e. The maximum atomic E-state index is 6.57. The maximum Gasteiger partial charge on any atom is 0.109 e. The first-order chi connectivity index (χ1) is 60.5. The van der Waals surface area contributed by atoms with Gasteiger partial charge in [-0.15, -0.1) is 11.3 Å². The minimum Gasteiger partial charge on any atom is -0.242 e. The molecule has 2 nitrogen and oxygen atoms in total. The summed E-state index contributed by atoms with van der Waals surface area (Å²) in [5, 5.41) is 4.34. The topological polar surface area (TPSA) is 25.8 Å². The number of fused-ring (bicyclic) bond motifs is 44. The van der Waals surface area contributed by atoms with E-state index in [0.717, 1.165) is 75.6 Å². The van der Waals surface area contributed by atoms with E-state index in [-0.39, 0.29) is 0 Å². The third-order valence-electron chi connectivity index (χ3n) is 29.5. The number of benzene rings is 18. The molecule has 0 amide bonds. The van der Waals surface area contributed by atoms with Crippen LogP contribution in [0.25, 0.3) is 170 Å². The highest BCUT2D eigenvalue weighted by molar-refractivity contribution is 7.21. The molecule has 18 aromatic carbocycles. The van der Waals surface area contributed by atoms with Crippen molar-refractivity contribution in [2.45, 2.75) is 28.6 Å². The zero-order valence-corrected chi connectivity index (χ0v) is 67.4. The molecule has 0 saturated heterocycles. The fourth-order valence-electron chi connectivity index (χ4n) is 25.4. The molecule has 0 atom stereocenters. The molecule has 0 saturated carbocycles. The van der Waals surface area contributed by atoms with Crippen LogP contribution < -0.4 is 0 Å². The summed E-state index contributed by atoms with van der Waals surface area (Å²) in [5.41, 5.74) is 49.0. The number of allylic oxidation sites excluding steroid dienone is 5. The van der Waals surface area contributed by atoms with Gasteiger partial charge in [-0.25, -0.2) is 9.97 Å². The lowest BCUT2D eigenvalue weighted by Crippen LogP contribution is -2.26. The molecule has 0 aliphatic heterocycles. The zero-order chi connectivity index (χ0) is 79.8. The van der Waals surface area contributed by atoms with Crippen LogP contribution in [0.5, 0.6) is 0 Å². The number of hydrogen-bond acceptors (Lipinski definition) is 3. The summed E-state index contributed by atoms with van der Waals surface area (Å²) in [6, 6.07) is 144. The Balaban J connectivity index is 0.760. The van der Waals surface area contributed by atoms with Crippen LogP contribution in [0.2, 0.25) is 0 Å². The van der Waals surface area contributed by atoms with Crippen molar-refractivity contribution < 1.29 is 0 Å². The van der Waals surface area contributed by atoms with Crippen LogP contribution in [0, 0.1) is 0 Å². The summed E-state index contributed by atoms with van der Waals surface area (Å²) in [6.07, 6.45) is 6.66. The molecule has 122 heavy (non-hydrogen) atoms. The Hall–Kier alpha value is -15.0. The minimum absolute atomic E-state index is 0.518. The predicted molar refractivity (Wildman–Crippen MR) is 504 cm³/mol. The molecule has 0 unspecified atom stereocenters. The van der Waals surface area contributed by atoms with Gasteiger partial charge in [0.05, 0.1) is 42.4 Å². The van der Waals surface area contributed by atoms with Crippen LogP contribution >= 0.6 is 11.3 Å². The molecule has 2 aromatic heterocycles. The van der Waals surface area contributed by atoms with Gasteiger partial charge in [-0.05, 0) is 230 Å². The second-order valence-corrected chi connectivity index (χ2v) is 35.4. The van der Waals surface area contributed by atoms with Crippen molar-refractivity contribution in [2.24, 2.45) is 0 Å². The van der Waals surface area contributed by atoms with Crippen molar-refractivity contribution in [1.29, 1.82) is 0 Å². The van der Waals surface area contributed by atoms with Gasteiger partial charge in [0, 0.05) is 21.9 Å². The molecule has 0 bridgehead atoms. The minimum atomic E-state index is -0.645. The van der Waals surface area contributed by atoms with E-state index in [1.807, 2.05) is 17.4 Å². The van der Waals surface area contributed by atoms with E-state index in [4.69, 9.17) is 9.97 Å². The molecule has 8 aliphatic rings. The third kappa shape index (κ3) is 7.82. The lowest BCUT2D eigenvalue weighted by Gasteiger charge is -2.30. The van der Waals surface area contributed by atoms with Crippen LogP contribution in [0.1, 0.15) is 95.9 Å². The van der Waals surface area contributed by atoms with E-state index in [9.17, 15) is 0 Å². The molecule has 0 radical (unpaired) electrons. The Morgan fingerprint density at radius 3 is 0.787 bits per heavy atom. The standard InChI is InChI=1S/C119H70N2S/c1-3-31-90-70(4-2)106-86(45-29-60-102(106)116(90)91-47-16-5-32-75(91)76-33-6-17-48-92(76)116)114-112-113(115(122-114)87-46-30-61-105-109(87)85-42-15-26-57-101(85)119(105)97-53-22-11-38-81(97)82-39-12-23-54-98(82)119)121-111-89-67-69(72-44-28-59-104-108(72)84-41-14-25-56-100(84)118(104)95-51-20-9-36-79(95)80-37-10-21-52-96(80)118)63-65-74(89)73-64-62-68(66-88(73)110(111)120-112)71-43-27-58-103-107(71)83-40-13-24-55-99(83)117(103)93-49-18-7-34-77(93)78-35-8-19-50-94(78)117/h3-67H,1H2,2H3/b70-4+,90-31?. The predicted octanol–water partition coefficient (Wildman–Crippen LogP) is 29.7. The normalized spacial score (nSPS) is 15.7. The molecule has 3 heteroatoms. The second kappa shape index (κ2) is 23.9. The summed E-state index contributed by atoms with van der Waals surface area (Å²) in [7, 11) is 0. The van der Waals surface area contributed by atoms with Crippen LogP contribution in [-0.4, -0.2) is 9.97 Å². The van der Waals surface area contributed by atoms with Crippen molar-refractivity contribution >= 4 is 60.5 Å². The first kappa shape index (κ1) is 67.0. The number of aromatic nitrogens is 2. The number of hydrogen-bond donors (Lipinski definition) is 0. The van der Waals surface area contributed by atoms with Crippen molar-refractivity contribution in [3.63, 3.8) is 0 Å². The molecule has 2 heterocycles. The van der Waals surface area contributed by atoms with Gasteiger partial charge in [0.1, 0.15) is 11.0 Å². The molecular weight excluding hydrogens is 1490 g/mol. The summed E-state index contributed by atoms with van der Waals surface area (Å²) in [6.45, 7) is 6.72. The molecule has 28 rings (SSSR count). The van der Waals surface area contributed by atoms with Crippen LogP contribution in [0.3, 0.4) is 0 Å². The van der Waals surface area contributed by atoms with E-state index in [1.54, 1.807) is 0 Å². The highest BCUT2D eigenvalue weighted by atomic mass is 32.1. The molecule has 8 aliphatic carbocycles. The fraction of sp³-hybridized carbons (Fsp3) is 0.0420. The van der Waals surface area contributed by atoms with Crippen molar-refractivity contribution in [3.8, 4) is 121 Å². The summed E-state index contributed by atoms with van der Waals surface area (Å²) < 4.78 is 0. The summed E-state index contributed by atoms with van der Waals surface area (Å²) >= 11 is 1.86. The Kier molecular flexibility index (Phi) is 13.1. The van der Waals surface area contributed by atoms with Crippen LogP contribution in [0.15, 0.2) is 406 Å². The van der Waals surface area contributed by atoms with E-state index in [0.29, 0.717) is 0 Å². The van der Waals surface area contributed by atoms with Gasteiger partial charge < -0.3 is 0 Å². The van der Waals surface area contributed by atoms with Gasteiger partial charge >= 0.3 is 0 Å². The summed E-state index contributed by atoms with van der Waals surface area (Å²) in [4.78, 5) is 15.3. The molecule has 562 valence electrons. The number of rotatable bonds is 5. The molecule has 0 N–H and O–H groups in total. The SMILES string of the molecule is C=CC=C1/C(=C\C)c2c(-c3sc(-c4cccc5c4-c4ccccc4C54c5ccccc5-c5ccccc54)c4nc5c6cc(-c7cccc8c7-c7ccccc7C87c8ccccc8-c8ccccc87)ccc6c6ccc(-c7cccc8c7-c7ccccc7C87c8ccccc8-c8ccccc87)cc6c5nc34)cccc2C12c1ccccc1-c1ccccc12. The molecule has 4 spiro atoms. The number of thiophene rings is 1. The van der Waals surface area contributed by atoms with Gasteiger partial charge in [-0.2, -0.15) is 0 Å². The van der Waals surface area contributed by atoms with E-state index in [2.05, 4.69) is 402 Å². The first-order valence-electron chi connectivity index (χ1n) is 42.8. The first-order valence-corrected chi connectivity index (χ1v) is 43.6. The van der Waals surface area contributed by atoms with Crippen LogP contribution in [-0.2, 0) is 21.7 Å². The average molecular weight is 1560 g/mol. The van der Waals surface area contributed by atoms with Gasteiger partial charge in [-0.3, -0.25) is 0 Å². The molecular formula is C119H70N2S. The quantitative estimate of drug-likeness (QED) is 0.161. The van der Waals surface area contributed by atoms with Crippen LogP contribution in [0.4, 0.5) is 0 Å². The Morgan fingerprint density at radius 1 is 0.230 bits per heavy atom. The van der Waals surface area contributed by atoms with E-state index < -0.39 is 21.7 Å². The Labute approximate surface area is 710 Å². The number of nitrogens with zero attached hydrogens (tertiary/aromatic N) is 2. The van der Waals surface area contributed by atoms with E-state index >= 15 is 0 Å². The third-order valence-corrected chi connectivity index (χ3v) is 30.7. The van der Waals surface area contributed by atoms with Gasteiger partial charge in [0.2, 0.25) is 0 Å². The lowest BCUT2D eigenvalue weighted by molar-refractivity contribution is 0.794. The average Bonchev–Trinajstić information content (AvgIpc) is 1.51. The molecule has 0 fully saturated rings. The highest BCUT2D eigenvalue weighted by Gasteiger charge is 2.58. The highest BCUT2D eigenvalue weighted by Crippen LogP contribution is 2.71. The van der Waals surface area contributed by atoms with Gasteiger partial charge in [-0.1, -0.05) is 389 Å². The van der Waals surface area contributed by atoms with E-state index in [1.165, 1.54) is 189 Å². The zero-order valence-electron chi connectivity index (χ0n) is 66.5. The summed E-state index contributed by atoms with van der Waals surface area (Å²) in [5.74, 6) is 0. The van der Waals surface area contributed by atoms with Crippen molar-refractivity contribution in [2.75, 3.05) is 0 Å². The maximum absolute atomic E-state index is 6.57. The van der Waals surface area contributed by atoms with Crippen molar-refractivity contribution in [1.82, 2.24) is 9.97 Å². The Morgan fingerprint density at radius 2 is 0.475 bits per heavy atom. The second-order valence-electron chi connectivity index (χ2n) is 34.3. The molecule has 20 aromatic rings. The van der Waals surface area contributed by atoms with Gasteiger partial charge in [0.15, 0.2) is 0 Å². The fourth-order valence-corrected chi connectivity index (χ4v) is 26.6. The Bertz CT molecular complexity index is 8150. The lowest BCUT2D eigenvalue weighted by atomic mass is 9.70. The largest absolute Gasteiger partial charge is 0.242 e. The monoisotopic (exact) mass is 1560 g/mol. The van der Waals surface area contributed by atoms with Gasteiger partial charge in [0.25, 0.3) is 0 Å². The van der Waals surface area contributed by atoms with Crippen molar-refractivity contribution in [3.05, 3.63) is 496 Å².